The first-order valence-electron chi connectivity index (χ1n) is 9.99. The fraction of sp³-hybridized carbons (Fsp3) is 0.240. The van der Waals surface area contributed by atoms with E-state index in [0.717, 1.165) is 35.7 Å². The summed E-state index contributed by atoms with van der Waals surface area (Å²) in [4.78, 5) is 14.5. The maximum Gasteiger partial charge on any atom is 0.224 e. The van der Waals surface area contributed by atoms with Crippen LogP contribution in [0.2, 0.25) is 0 Å². The van der Waals surface area contributed by atoms with Gasteiger partial charge in [0.2, 0.25) is 5.91 Å². The number of rotatable bonds is 9. The molecule has 150 valence electrons. The number of nitrogens with one attached hydrogen (secondary N) is 1. The molecule has 0 heterocycles. The lowest BCUT2D eigenvalue weighted by Gasteiger charge is -2.23. The predicted octanol–water partition coefficient (Wildman–Crippen LogP) is 4.55. The van der Waals surface area contributed by atoms with E-state index < -0.39 is 0 Å². The molecule has 0 aliphatic carbocycles. The summed E-state index contributed by atoms with van der Waals surface area (Å²) >= 11 is 0. The van der Waals surface area contributed by atoms with Gasteiger partial charge in [-0.15, -0.1) is 0 Å². The minimum Gasteiger partial charge on any atom is -0.497 e. The zero-order chi connectivity index (χ0) is 20.5. The molecule has 3 aromatic carbocycles. The van der Waals surface area contributed by atoms with Crippen molar-refractivity contribution in [2.75, 3.05) is 31.6 Å². The van der Waals surface area contributed by atoms with Crippen LogP contribution in [0.1, 0.15) is 12.5 Å². The van der Waals surface area contributed by atoms with Gasteiger partial charge in [-0.05, 0) is 47.9 Å². The van der Waals surface area contributed by atoms with Crippen molar-refractivity contribution in [2.45, 2.75) is 13.3 Å². The Morgan fingerprint density at radius 1 is 0.897 bits per heavy atom. The number of ether oxygens (including phenoxy) is 1. The van der Waals surface area contributed by atoms with Crippen LogP contribution in [0.3, 0.4) is 0 Å². The third-order valence-electron chi connectivity index (χ3n) is 4.95. The van der Waals surface area contributed by atoms with E-state index in [1.807, 2.05) is 54.6 Å². The summed E-state index contributed by atoms with van der Waals surface area (Å²) in [6.45, 7) is 4.37. The zero-order valence-electron chi connectivity index (χ0n) is 17.1. The number of likely N-dealkylation sites (N-methyl/N-ethyl adjacent to an activating group) is 1. The van der Waals surface area contributed by atoms with Crippen LogP contribution < -0.4 is 15.0 Å². The molecule has 3 aromatic rings. The Morgan fingerprint density at radius 2 is 1.55 bits per heavy atom. The molecule has 0 unspecified atom stereocenters. The number of hydrogen-bond donors (Lipinski definition) is 1. The molecule has 1 N–H and O–H groups in total. The largest absolute Gasteiger partial charge is 0.497 e. The summed E-state index contributed by atoms with van der Waals surface area (Å²) in [6, 6.07) is 26.4. The van der Waals surface area contributed by atoms with Gasteiger partial charge >= 0.3 is 0 Å². The molecule has 1 amide bonds. The van der Waals surface area contributed by atoms with Crippen LogP contribution in [0.15, 0.2) is 78.9 Å². The third-order valence-corrected chi connectivity index (χ3v) is 4.95. The molecule has 0 aliphatic heterocycles. The van der Waals surface area contributed by atoms with Crippen molar-refractivity contribution in [3.8, 4) is 16.9 Å². The Kier molecular flexibility index (Phi) is 7.28. The highest BCUT2D eigenvalue weighted by atomic mass is 16.5. The minimum absolute atomic E-state index is 0.0447. The van der Waals surface area contributed by atoms with Gasteiger partial charge < -0.3 is 15.0 Å². The number of carbonyl (C=O) groups excluding carboxylic acids is 1. The summed E-state index contributed by atoms with van der Waals surface area (Å²) in [5.41, 5.74) is 4.48. The zero-order valence-corrected chi connectivity index (χ0v) is 17.1. The van der Waals surface area contributed by atoms with Crippen LogP contribution >= 0.6 is 0 Å². The fourth-order valence-corrected chi connectivity index (χ4v) is 3.29. The van der Waals surface area contributed by atoms with E-state index in [9.17, 15) is 4.79 Å². The lowest BCUT2D eigenvalue weighted by Crippen LogP contribution is -2.35. The monoisotopic (exact) mass is 388 g/mol. The Bertz CT molecular complexity index is 890. The molecule has 0 saturated heterocycles. The number of methoxy groups -OCH3 is 1. The van der Waals surface area contributed by atoms with Crippen molar-refractivity contribution in [3.05, 3.63) is 84.4 Å². The molecule has 0 aliphatic rings. The number of hydrogen-bond acceptors (Lipinski definition) is 3. The van der Waals surface area contributed by atoms with Crippen molar-refractivity contribution >= 4 is 11.6 Å². The first-order valence-corrected chi connectivity index (χ1v) is 9.99. The van der Waals surface area contributed by atoms with Crippen LogP contribution in [0.5, 0.6) is 5.75 Å². The molecule has 3 rings (SSSR count). The Labute approximate surface area is 173 Å². The standard InChI is InChI=1S/C25H28N2O2/c1-3-27(23-13-15-24(29-2)16-14-23)18-17-26-25(28)19-20-9-11-22(12-10-20)21-7-5-4-6-8-21/h4-16H,3,17-19H2,1-2H3,(H,26,28). The molecule has 4 nitrogen and oxygen atoms in total. The van der Waals surface area contributed by atoms with Gasteiger partial charge in [0, 0.05) is 25.3 Å². The second kappa shape index (κ2) is 10.3. The van der Waals surface area contributed by atoms with Crippen LogP contribution in [0.4, 0.5) is 5.69 Å². The number of nitrogens with zero attached hydrogens (tertiary/aromatic N) is 1. The highest BCUT2D eigenvalue weighted by Gasteiger charge is 2.07. The van der Waals surface area contributed by atoms with Gasteiger partial charge in [-0.3, -0.25) is 4.79 Å². The average Bonchev–Trinajstić information content (AvgIpc) is 2.78. The number of amides is 1. The molecular weight excluding hydrogens is 360 g/mol. The molecule has 0 aromatic heterocycles. The van der Waals surface area contributed by atoms with Crippen molar-refractivity contribution in [1.82, 2.24) is 5.32 Å². The van der Waals surface area contributed by atoms with Gasteiger partial charge in [-0.2, -0.15) is 0 Å². The average molecular weight is 389 g/mol. The summed E-state index contributed by atoms with van der Waals surface area (Å²) in [5, 5.41) is 3.03. The van der Waals surface area contributed by atoms with Gasteiger partial charge in [-0.25, -0.2) is 0 Å². The lowest BCUT2D eigenvalue weighted by atomic mass is 10.0. The van der Waals surface area contributed by atoms with Gasteiger partial charge in [0.25, 0.3) is 0 Å². The van der Waals surface area contributed by atoms with E-state index in [-0.39, 0.29) is 5.91 Å². The van der Waals surface area contributed by atoms with Crippen LogP contribution in [0.25, 0.3) is 11.1 Å². The van der Waals surface area contributed by atoms with Crippen LogP contribution in [-0.2, 0) is 11.2 Å². The van der Waals surface area contributed by atoms with Crippen molar-refractivity contribution < 1.29 is 9.53 Å². The molecule has 0 atom stereocenters. The third kappa shape index (κ3) is 5.85. The van der Waals surface area contributed by atoms with Gasteiger partial charge in [-0.1, -0.05) is 54.6 Å². The molecule has 4 heteroatoms. The van der Waals surface area contributed by atoms with Gasteiger partial charge in [0.05, 0.1) is 13.5 Å². The maximum absolute atomic E-state index is 12.3. The topological polar surface area (TPSA) is 41.6 Å². The van der Waals surface area contributed by atoms with Crippen molar-refractivity contribution in [3.63, 3.8) is 0 Å². The first-order chi connectivity index (χ1) is 14.2. The Hall–Kier alpha value is -3.27. The Morgan fingerprint density at radius 3 is 2.17 bits per heavy atom. The Balaban J connectivity index is 1.47. The highest BCUT2D eigenvalue weighted by molar-refractivity contribution is 5.79. The summed E-state index contributed by atoms with van der Waals surface area (Å²) < 4.78 is 5.21. The normalized spacial score (nSPS) is 10.4. The molecule has 0 bridgehead atoms. The predicted molar refractivity (Wildman–Crippen MR) is 119 cm³/mol. The number of benzene rings is 3. The number of anilines is 1. The van der Waals surface area contributed by atoms with Crippen molar-refractivity contribution in [1.29, 1.82) is 0 Å². The maximum atomic E-state index is 12.3. The minimum atomic E-state index is 0.0447. The summed E-state index contributed by atoms with van der Waals surface area (Å²) in [6.07, 6.45) is 0.393. The molecule has 0 spiro atoms. The first kappa shape index (κ1) is 20.5. The fourth-order valence-electron chi connectivity index (χ4n) is 3.29. The highest BCUT2D eigenvalue weighted by Crippen LogP contribution is 2.20. The number of carbonyl (C=O) groups is 1. The van der Waals surface area contributed by atoms with Gasteiger partial charge in [0.1, 0.15) is 5.75 Å². The molecule has 0 radical (unpaired) electrons. The van der Waals surface area contributed by atoms with E-state index in [0.29, 0.717) is 13.0 Å². The summed E-state index contributed by atoms with van der Waals surface area (Å²) in [5.74, 6) is 0.889. The molecule has 0 fully saturated rings. The second-order valence-corrected chi connectivity index (χ2v) is 6.87. The van der Waals surface area contributed by atoms with Crippen molar-refractivity contribution in [2.24, 2.45) is 0 Å². The molecule has 29 heavy (non-hydrogen) atoms. The second-order valence-electron chi connectivity index (χ2n) is 6.87. The van der Waals surface area contributed by atoms with E-state index >= 15 is 0 Å². The molecule has 0 saturated carbocycles. The lowest BCUT2D eigenvalue weighted by molar-refractivity contribution is -0.120. The summed E-state index contributed by atoms with van der Waals surface area (Å²) in [7, 11) is 1.66. The van der Waals surface area contributed by atoms with E-state index in [2.05, 4.69) is 41.4 Å². The van der Waals surface area contributed by atoms with Crippen LogP contribution in [0, 0.1) is 0 Å². The van der Waals surface area contributed by atoms with E-state index in [1.54, 1.807) is 7.11 Å². The van der Waals surface area contributed by atoms with Gasteiger partial charge in [0.15, 0.2) is 0 Å². The quantitative estimate of drug-likeness (QED) is 0.585. The van der Waals surface area contributed by atoms with E-state index in [1.165, 1.54) is 5.56 Å². The SMILES string of the molecule is CCN(CCNC(=O)Cc1ccc(-c2ccccc2)cc1)c1ccc(OC)cc1. The van der Waals surface area contributed by atoms with Crippen LogP contribution in [-0.4, -0.2) is 32.7 Å². The molecular formula is C25H28N2O2. The van der Waals surface area contributed by atoms with E-state index in [4.69, 9.17) is 4.74 Å². The smallest absolute Gasteiger partial charge is 0.224 e.